The zero-order valence-electron chi connectivity index (χ0n) is 23.2. The number of nitrogens with zero attached hydrogens (tertiary/aromatic N) is 2. The van der Waals surface area contributed by atoms with Crippen LogP contribution in [-0.2, 0) is 22.4 Å². The number of methoxy groups -OCH3 is 5. The molecular weight excluding hydrogens is 496 g/mol. The summed E-state index contributed by atoms with van der Waals surface area (Å²) in [5.74, 6) is 2.56. The predicted octanol–water partition coefficient (Wildman–Crippen LogP) is 4.42. The van der Waals surface area contributed by atoms with Crippen molar-refractivity contribution in [1.82, 2.24) is 9.80 Å². The number of benzene rings is 3. The number of carbonyl (C=O) groups excluding carboxylic acids is 1. The van der Waals surface area contributed by atoms with Crippen LogP contribution in [0.15, 0.2) is 60.7 Å². The Balaban J connectivity index is 1.60. The summed E-state index contributed by atoms with van der Waals surface area (Å²) in [7, 11) is 8.06. The van der Waals surface area contributed by atoms with E-state index in [0.717, 1.165) is 36.1 Å². The first kappa shape index (κ1) is 26.8. The zero-order valence-corrected chi connectivity index (χ0v) is 23.2. The average Bonchev–Trinajstić information content (AvgIpc) is 3.33. The Morgan fingerprint density at radius 3 is 2.15 bits per heavy atom. The minimum atomic E-state index is -0.450. The molecule has 0 bridgehead atoms. The Bertz CT molecular complexity index is 1310. The predicted molar refractivity (Wildman–Crippen MR) is 148 cm³/mol. The van der Waals surface area contributed by atoms with Crippen LogP contribution < -0.4 is 18.9 Å². The van der Waals surface area contributed by atoms with Crippen LogP contribution in [0, 0.1) is 0 Å². The van der Waals surface area contributed by atoms with E-state index >= 15 is 0 Å². The van der Waals surface area contributed by atoms with Crippen LogP contribution in [0.25, 0.3) is 0 Å². The molecule has 0 radical (unpaired) electrons. The van der Waals surface area contributed by atoms with Crippen LogP contribution in [0.1, 0.15) is 34.5 Å². The van der Waals surface area contributed by atoms with Crippen LogP contribution in [-0.4, -0.2) is 70.4 Å². The van der Waals surface area contributed by atoms with E-state index in [1.165, 1.54) is 12.7 Å². The second-order valence-electron chi connectivity index (χ2n) is 9.77. The molecule has 0 aromatic heterocycles. The maximum Gasteiger partial charge on any atom is 0.325 e. The number of hydrogen-bond acceptors (Lipinski definition) is 8. The number of fused-ring (bicyclic) bond motifs is 3. The first-order valence-electron chi connectivity index (χ1n) is 13.1. The lowest BCUT2D eigenvalue weighted by Crippen LogP contribution is -2.43. The molecule has 0 saturated carbocycles. The Morgan fingerprint density at radius 1 is 0.821 bits per heavy atom. The van der Waals surface area contributed by atoms with Crippen molar-refractivity contribution in [1.29, 1.82) is 0 Å². The summed E-state index contributed by atoms with van der Waals surface area (Å²) in [6, 6.07) is 19.7. The molecule has 8 heteroatoms. The summed E-state index contributed by atoms with van der Waals surface area (Å²) >= 11 is 0. The van der Waals surface area contributed by atoms with Crippen LogP contribution in [0.5, 0.6) is 23.0 Å². The molecule has 39 heavy (non-hydrogen) atoms. The molecule has 8 nitrogen and oxygen atoms in total. The lowest BCUT2D eigenvalue weighted by molar-refractivity contribution is -0.147. The average molecular weight is 533 g/mol. The van der Waals surface area contributed by atoms with Crippen molar-refractivity contribution in [2.24, 2.45) is 0 Å². The third-order valence-electron chi connectivity index (χ3n) is 7.90. The van der Waals surface area contributed by atoms with Gasteiger partial charge in [-0.1, -0.05) is 36.4 Å². The second-order valence-corrected chi connectivity index (χ2v) is 9.77. The molecule has 1 fully saturated rings. The standard InChI is InChI=1S/C31H36N2O6/c1-35-24-12-11-20(17-25(24)36-2)13-15-32-28(21-9-7-6-8-10-21)29(31(34)39-5)33-16-14-22-18-26(37-3)27(38-4)19-23(22)30(32)33/h6-12,17-19,28-30H,13-16H2,1-5H3/t28-,29+,30-/m1/s1. The maximum absolute atomic E-state index is 13.4. The molecule has 0 N–H and O–H groups in total. The molecule has 0 aliphatic carbocycles. The summed E-state index contributed by atoms with van der Waals surface area (Å²) in [4.78, 5) is 18.1. The van der Waals surface area contributed by atoms with E-state index in [4.69, 9.17) is 23.7 Å². The number of hydrogen-bond donors (Lipinski definition) is 0. The van der Waals surface area contributed by atoms with Gasteiger partial charge in [-0.05, 0) is 59.4 Å². The van der Waals surface area contributed by atoms with Gasteiger partial charge in [0.25, 0.3) is 0 Å². The van der Waals surface area contributed by atoms with Gasteiger partial charge in [0.1, 0.15) is 6.04 Å². The van der Waals surface area contributed by atoms with E-state index in [0.29, 0.717) is 29.5 Å². The lowest BCUT2D eigenvalue weighted by Gasteiger charge is -2.37. The summed E-state index contributed by atoms with van der Waals surface area (Å²) < 4.78 is 27.7. The van der Waals surface area contributed by atoms with E-state index in [9.17, 15) is 4.79 Å². The highest BCUT2D eigenvalue weighted by Gasteiger charge is 2.53. The van der Waals surface area contributed by atoms with Crippen molar-refractivity contribution in [2.45, 2.75) is 31.1 Å². The molecule has 3 aromatic rings. The molecule has 5 rings (SSSR count). The molecule has 0 amide bonds. The molecule has 2 heterocycles. The fourth-order valence-corrected chi connectivity index (χ4v) is 6.08. The monoisotopic (exact) mass is 532 g/mol. The number of rotatable bonds is 9. The highest BCUT2D eigenvalue weighted by molar-refractivity contribution is 5.78. The van der Waals surface area contributed by atoms with Gasteiger partial charge in [0.05, 0.1) is 47.8 Å². The largest absolute Gasteiger partial charge is 0.493 e. The van der Waals surface area contributed by atoms with Gasteiger partial charge in [-0.2, -0.15) is 0 Å². The molecule has 2 aliphatic rings. The van der Waals surface area contributed by atoms with Gasteiger partial charge >= 0.3 is 5.97 Å². The van der Waals surface area contributed by atoms with Crippen molar-refractivity contribution in [3.8, 4) is 23.0 Å². The fraction of sp³-hybridized carbons (Fsp3) is 0.387. The third kappa shape index (κ3) is 4.90. The van der Waals surface area contributed by atoms with Crippen molar-refractivity contribution < 1.29 is 28.5 Å². The summed E-state index contributed by atoms with van der Waals surface area (Å²) in [6.45, 7) is 1.43. The van der Waals surface area contributed by atoms with Crippen LogP contribution in [0.3, 0.4) is 0 Å². The molecule has 0 spiro atoms. The molecule has 1 saturated heterocycles. The lowest BCUT2D eigenvalue weighted by atomic mass is 9.95. The van der Waals surface area contributed by atoms with Gasteiger partial charge in [-0.15, -0.1) is 0 Å². The Labute approximate surface area is 230 Å². The number of esters is 1. The van der Waals surface area contributed by atoms with E-state index in [1.807, 2.05) is 30.3 Å². The topological polar surface area (TPSA) is 69.7 Å². The van der Waals surface area contributed by atoms with Crippen LogP contribution >= 0.6 is 0 Å². The van der Waals surface area contributed by atoms with Crippen molar-refractivity contribution in [3.05, 3.63) is 82.9 Å². The van der Waals surface area contributed by atoms with E-state index in [2.05, 4.69) is 40.1 Å². The maximum atomic E-state index is 13.4. The summed E-state index contributed by atoms with van der Waals surface area (Å²) in [6.07, 6.45) is 1.41. The Kier molecular flexibility index (Phi) is 7.95. The van der Waals surface area contributed by atoms with Gasteiger partial charge < -0.3 is 23.7 Å². The molecule has 0 unspecified atom stereocenters. The first-order valence-corrected chi connectivity index (χ1v) is 13.1. The molecule has 206 valence electrons. The fourth-order valence-electron chi connectivity index (χ4n) is 6.08. The summed E-state index contributed by atoms with van der Waals surface area (Å²) in [5, 5.41) is 0. The number of carbonyl (C=O) groups is 1. The normalized spacial score (nSPS) is 20.6. The Hall–Kier alpha value is -3.75. The third-order valence-corrected chi connectivity index (χ3v) is 7.90. The Morgan fingerprint density at radius 2 is 1.49 bits per heavy atom. The first-order chi connectivity index (χ1) is 19.0. The quantitative estimate of drug-likeness (QED) is 0.375. The van der Waals surface area contributed by atoms with Gasteiger partial charge in [-0.3, -0.25) is 14.6 Å². The van der Waals surface area contributed by atoms with Gasteiger partial charge in [-0.25, -0.2) is 0 Å². The second kappa shape index (κ2) is 11.6. The number of ether oxygens (including phenoxy) is 5. The van der Waals surface area contributed by atoms with Crippen molar-refractivity contribution in [3.63, 3.8) is 0 Å². The molecule has 3 aromatic carbocycles. The smallest absolute Gasteiger partial charge is 0.325 e. The van der Waals surface area contributed by atoms with Gasteiger partial charge in [0, 0.05) is 13.1 Å². The van der Waals surface area contributed by atoms with E-state index in [-0.39, 0.29) is 18.2 Å². The highest BCUT2D eigenvalue weighted by Crippen LogP contribution is 2.50. The van der Waals surface area contributed by atoms with Crippen molar-refractivity contribution in [2.75, 3.05) is 48.6 Å². The van der Waals surface area contributed by atoms with Crippen molar-refractivity contribution >= 4 is 5.97 Å². The minimum absolute atomic E-state index is 0.136. The SMILES string of the molecule is COC(=O)[C@@H]1[C@@H](c2ccccc2)N(CCc2ccc(OC)c(OC)c2)[C@H]2c3cc(OC)c(OC)cc3CCN21. The van der Waals surface area contributed by atoms with Crippen LogP contribution in [0.2, 0.25) is 0 Å². The van der Waals surface area contributed by atoms with Gasteiger partial charge in [0.15, 0.2) is 23.0 Å². The highest BCUT2D eigenvalue weighted by atomic mass is 16.5. The van der Waals surface area contributed by atoms with E-state index in [1.54, 1.807) is 28.4 Å². The zero-order chi connectivity index (χ0) is 27.5. The molecular formula is C31H36N2O6. The van der Waals surface area contributed by atoms with Crippen LogP contribution in [0.4, 0.5) is 0 Å². The summed E-state index contributed by atoms with van der Waals surface area (Å²) in [5.41, 5.74) is 4.52. The molecule has 3 atom stereocenters. The minimum Gasteiger partial charge on any atom is -0.493 e. The van der Waals surface area contributed by atoms with E-state index < -0.39 is 6.04 Å². The van der Waals surface area contributed by atoms with Gasteiger partial charge in [0.2, 0.25) is 0 Å². The molecule has 2 aliphatic heterocycles.